The Bertz CT molecular complexity index is 1230. The van der Waals surface area contributed by atoms with Crippen LogP contribution < -0.4 is 0 Å². The highest BCUT2D eigenvalue weighted by Crippen LogP contribution is 2.30. The number of esters is 1. The molecule has 0 atom stereocenters. The molecule has 0 spiro atoms. The summed E-state index contributed by atoms with van der Waals surface area (Å²) in [5.74, 6) is -0.684. The third kappa shape index (κ3) is 4.51. The topological polar surface area (TPSA) is 74.1 Å². The van der Waals surface area contributed by atoms with Gasteiger partial charge in [-0.05, 0) is 50.2 Å². The van der Waals surface area contributed by atoms with E-state index in [1.54, 1.807) is 42.8 Å². The predicted molar refractivity (Wildman–Crippen MR) is 124 cm³/mol. The standard InChI is InChI=1S/C22H18ClN3O3S2/c1-3-29-21(28)20-19(13(2)26(25-20)15-10-8-14(23)9-11-15)17(27)12-30-22-24-16-6-4-5-7-18(16)31-22/h4-11H,3,12H2,1-2H3. The van der Waals surface area contributed by atoms with E-state index in [0.717, 1.165) is 14.6 Å². The average molecular weight is 472 g/mol. The van der Waals surface area contributed by atoms with Crippen LogP contribution in [0.25, 0.3) is 15.9 Å². The van der Waals surface area contributed by atoms with Crippen molar-refractivity contribution in [3.63, 3.8) is 0 Å². The lowest BCUT2D eigenvalue weighted by Crippen LogP contribution is -2.13. The van der Waals surface area contributed by atoms with Crippen molar-refractivity contribution in [2.75, 3.05) is 12.4 Å². The number of thioether (sulfide) groups is 1. The van der Waals surface area contributed by atoms with E-state index in [1.165, 1.54) is 23.1 Å². The molecule has 0 aliphatic heterocycles. The molecule has 0 aliphatic rings. The molecule has 0 radical (unpaired) electrons. The highest BCUT2D eigenvalue weighted by atomic mass is 35.5. The van der Waals surface area contributed by atoms with E-state index in [2.05, 4.69) is 10.1 Å². The Kier molecular flexibility index (Phi) is 6.41. The summed E-state index contributed by atoms with van der Waals surface area (Å²) in [7, 11) is 0. The van der Waals surface area contributed by atoms with Crippen molar-refractivity contribution in [1.29, 1.82) is 0 Å². The van der Waals surface area contributed by atoms with E-state index < -0.39 is 5.97 Å². The van der Waals surface area contributed by atoms with E-state index in [4.69, 9.17) is 16.3 Å². The minimum absolute atomic E-state index is 0.0178. The van der Waals surface area contributed by atoms with Gasteiger partial charge in [-0.2, -0.15) is 5.10 Å². The van der Waals surface area contributed by atoms with Crippen LogP contribution in [0.3, 0.4) is 0 Å². The van der Waals surface area contributed by atoms with Gasteiger partial charge >= 0.3 is 5.97 Å². The number of hydrogen-bond acceptors (Lipinski definition) is 7. The fourth-order valence-corrected chi connectivity index (χ4v) is 5.19. The van der Waals surface area contributed by atoms with Crippen molar-refractivity contribution in [2.45, 2.75) is 18.2 Å². The summed E-state index contributed by atoms with van der Waals surface area (Å²) in [5.41, 5.74) is 2.46. The Morgan fingerprint density at radius 1 is 1.16 bits per heavy atom. The number of thiazole rings is 1. The number of ketones is 1. The lowest BCUT2D eigenvalue weighted by molar-refractivity contribution is 0.0516. The molecule has 4 rings (SSSR count). The molecule has 2 aromatic carbocycles. The van der Waals surface area contributed by atoms with Gasteiger partial charge in [0.25, 0.3) is 0 Å². The van der Waals surface area contributed by atoms with Crippen LogP contribution in [0.4, 0.5) is 0 Å². The second-order valence-electron chi connectivity index (χ2n) is 6.58. The Morgan fingerprint density at radius 3 is 2.61 bits per heavy atom. The minimum Gasteiger partial charge on any atom is -0.461 e. The van der Waals surface area contributed by atoms with Crippen molar-refractivity contribution < 1.29 is 14.3 Å². The zero-order chi connectivity index (χ0) is 22.0. The first kappa shape index (κ1) is 21.5. The third-order valence-electron chi connectivity index (χ3n) is 4.54. The molecule has 0 unspecified atom stereocenters. The number of para-hydroxylation sites is 1. The van der Waals surface area contributed by atoms with Gasteiger partial charge in [-0.3, -0.25) is 4.79 Å². The van der Waals surface area contributed by atoms with Gasteiger partial charge in [-0.25, -0.2) is 14.5 Å². The molecular formula is C22H18ClN3O3S2. The lowest BCUT2D eigenvalue weighted by atomic mass is 10.1. The molecule has 0 aliphatic carbocycles. The van der Waals surface area contributed by atoms with E-state index in [-0.39, 0.29) is 29.4 Å². The largest absolute Gasteiger partial charge is 0.461 e. The monoisotopic (exact) mass is 471 g/mol. The molecule has 9 heteroatoms. The number of nitrogens with zero attached hydrogens (tertiary/aromatic N) is 3. The van der Waals surface area contributed by atoms with Crippen LogP contribution in [0.15, 0.2) is 52.9 Å². The Balaban J connectivity index is 1.65. The van der Waals surface area contributed by atoms with Crippen LogP contribution in [0.1, 0.15) is 33.5 Å². The highest BCUT2D eigenvalue weighted by Gasteiger charge is 2.27. The Labute approximate surface area is 192 Å². The summed E-state index contributed by atoms with van der Waals surface area (Å²) in [4.78, 5) is 30.2. The Hall–Kier alpha value is -2.68. The fraction of sp³-hybridized carbons (Fsp3) is 0.182. The normalized spacial score (nSPS) is 11.1. The molecule has 31 heavy (non-hydrogen) atoms. The van der Waals surface area contributed by atoms with Crippen LogP contribution >= 0.6 is 34.7 Å². The summed E-state index contributed by atoms with van der Waals surface area (Å²) in [5, 5.41) is 4.98. The first-order chi connectivity index (χ1) is 15.0. The van der Waals surface area contributed by atoms with Gasteiger partial charge in [0.15, 0.2) is 15.8 Å². The number of rotatable bonds is 7. The van der Waals surface area contributed by atoms with Crippen LogP contribution in [0.5, 0.6) is 0 Å². The van der Waals surface area contributed by atoms with Crippen LogP contribution in [0.2, 0.25) is 5.02 Å². The predicted octanol–water partition coefficient (Wildman–Crippen LogP) is 5.60. The van der Waals surface area contributed by atoms with E-state index >= 15 is 0 Å². The van der Waals surface area contributed by atoms with E-state index in [0.29, 0.717) is 16.4 Å². The van der Waals surface area contributed by atoms with Crippen molar-refractivity contribution in [3.8, 4) is 5.69 Å². The zero-order valence-electron chi connectivity index (χ0n) is 16.8. The number of Topliss-reactive ketones (excluding diaryl/α,β-unsaturated/α-hetero) is 1. The first-order valence-corrected chi connectivity index (χ1v) is 11.7. The molecule has 0 fully saturated rings. The first-order valence-electron chi connectivity index (χ1n) is 9.52. The molecule has 2 aromatic heterocycles. The van der Waals surface area contributed by atoms with Gasteiger partial charge < -0.3 is 4.74 Å². The summed E-state index contributed by atoms with van der Waals surface area (Å²) in [6.45, 7) is 3.67. The van der Waals surface area contributed by atoms with E-state index in [1.807, 2.05) is 24.3 Å². The molecule has 0 N–H and O–H groups in total. The minimum atomic E-state index is -0.619. The average Bonchev–Trinajstić information content (AvgIpc) is 3.33. The van der Waals surface area contributed by atoms with Crippen LogP contribution in [-0.2, 0) is 4.74 Å². The number of aromatic nitrogens is 3. The molecule has 0 saturated heterocycles. The van der Waals surface area contributed by atoms with Gasteiger partial charge in [0.2, 0.25) is 0 Å². The number of ether oxygens (including phenoxy) is 1. The van der Waals surface area contributed by atoms with Gasteiger partial charge in [0.1, 0.15) is 0 Å². The second kappa shape index (κ2) is 9.21. The number of carbonyl (C=O) groups is 2. The SMILES string of the molecule is CCOC(=O)c1nn(-c2ccc(Cl)cc2)c(C)c1C(=O)CSc1nc2ccccc2s1. The summed E-state index contributed by atoms with van der Waals surface area (Å²) in [6.07, 6.45) is 0. The second-order valence-corrected chi connectivity index (χ2v) is 9.27. The number of benzene rings is 2. The maximum Gasteiger partial charge on any atom is 0.359 e. The van der Waals surface area contributed by atoms with Crippen molar-refractivity contribution >= 4 is 56.7 Å². The maximum absolute atomic E-state index is 13.2. The van der Waals surface area contributed by atoms with Crippen molar-refractivity contribution in [3.05, 3.63) is 70.5 Å². The van der Waals surface area contributed by atoms with Crippen molar-refractivity contribution in [1.82, 2.24) is 14.8 Å². The van der Waals surface area contributed by atoms with Crippen LogP contribution in [0, 0.1) is 6.92 Å². The zero-order valence-corrected chi connectivity index (χ0v) is 19.2. The van der Waals surface area contributed by atoms with Crippen LogP contribution in [-0.4, -0.2) is 38.9 Å². The number of fused-ring (bicyclic) bond motifs is 1. The van der Waals surface area contributed by atoms with E-state index in [9.17, 15) is 9.59 Å². The number of halogens is 1. The molecule has 0 saturated carbocycles. The summed E-state index contributed by atoms with van der Waals surface area (Å²) in [6, 6.07) is 14.8. The molecular weight excluding hydrogens is 454 g/mol. The number of carbonyl (C=O) groups excluding carboxylic acids is 2. The maximum atomic E-state index is 13.2. The smallest absolute Gasteiger partial charge is 0.359 e. The third-order valence-corrected chi connectivity index (χ3v) is 6.97. The Morgan fingerprint density at radius 2 is 1.90 bits per heavy atom. The fourth-order valence-electron chi connectivity index (χ4n) is 3.12. The lowest BCUT2D eigenvalue weighted by Gasteiger charge is -2.05. The van der Waals surface area contributed by atoms with Gasteiger partial charge in [0, 0.05) is 5.02 Å². The molecule has 0 bridgehead atoms. The van der Waals surface area contributed by atoms with Gasteiger partial charge in [-0.1, -0.05) is 35.5 Å². The van der Waals surface area contributed by atoms with Gasteiger partial charge in [-0.15, -0.1) is 11.3 Å². The molecule has 0 amide bonds. The number of hydrogen-bond donors (Lipinski definition) is 0. The van der Waals surface area contributed by atoms with Crippen molar-refractivity contribution in [2.24, 2.45) is 0 Å². The molecule has 4 aromatic rings. The highest BCUT2D eigenvalue weighted by molar-refractivity contribution is 8.01. The molecule has 158 valence electrons. The summed E-state index contributed by atoms with van der Waals surface area (Å²) < 4.78 is 8.57. The molecule has 6 nitrogen and oxygen atoms in total. The summed E-state index contributed by atoms with van der Waals surface area (Å²) >= 11 is 8.87. The van der Waals surface area contributed by atoms with Gasteiger partial charge in [0.05, 0.1) is 39.5 Å². The quantitative estimate of drug-likeness (QED) is 0.198. The molecule has 2 heterocycles.